The number of hydrogen-bond acceptors (Lipinski definition) is 3. The molecule has 0 amide bonds. The fraction of sp³-hybridized carbons (Fsp3) is 0.483. The van der Waals surface area contributed by atoms with Crippen LogP contribution in [0.3, 0.4) is 0 Å². The van der Waals surface area contributed by atoms with E-state index >= 15 is 0 Å². The molecule has 3 rings (SSSR count). The number of nitrogens with zero attached hydrogens (tertiary/aromatic N) is 2. The van der Waals surface area contributed by atoms with Crippen LogP contribution in [-0.2, 0) is 6.54 Å². The van der Waals surface area contributed by atoms with E-state index in [2.05, 4.69) is 105 Å². The fourth-order valence-electron chi connectivity index (χ4n) is 4.11. The number of para-hydroxylation sites is 1. The van der Waals surface area contributed by atoms with Crippen molar-refractivity contribution < 1.29 is 0 Å². The zero-order valence-electron chi connectivity index (χ0n) is 21.2. The molecule has 0 aliphatic heterocycles. The van der Waals surface area contributed by atoms with Gasteiger partial charge in [0.05, 0.1) is 11.0 Å². The quantitative estimate of drug-likeness (QED) is 0.256. The number of imidazole rings is 1. The summed E-state index contributed by atoms with van der Waals surface area (Å²) < 4.78 is 2.67. The second kappa shape index (κ2) is 12.3. The van der Waals surface area contributed by atoms with Crippen LogP contribution >= 0.6 is 11.8 Å². The first-order valence-electron chi connectivity index (χ1n) is 12.6. The molecule has 1 N–H and O–H groups in total. The van der Waals surface area contributed by atoms with E-state index in [4.69, 9.17) is 4.98 Å². The lowest BCUT2D eigenvalue weighted by molar-refractivity contribution is 0.572. The number of thioether (sulfide) groups is 1. The second-order valence-corrected chi connectivity index (χ2v) is 11.3. The standard InChI is InChI=1S/C29H41N3S/c1-6-8-13-19-29(4,5)33-21-20-32-27-18-17-24(23(3)14-9-7-2)22-26(27)31-28(32)30-25-15-11-10-12-16-25/h10-12,14-18,22H,6-9,13,19-21H2,1-5H3,(H,30,31)/b23-14+. The Balaban J connectivity index is 1.84. The average Bonchev–Trinajstić information content (AvgIpc) is 3.14. The van der Waals surface area contributed by atoms with Crippen molar-refractivity contribution in [2.45, 2.75) is 84.4 Å². The normalized spacial score (nSPS) is 12.5. The van der Waals surface area contributed by atoms with E-state index in [9.17, 15) is 0 Å². The lowest BCUT2D eigenvalue weighted by atomic mass is 10.0. The van der Waals surface area contributed by atoms with Gasteiger partial charge in [0.2, 0.25) is 5.95 Å². The molecule has 1 heterocycles. The molecule has 0 bridgehead atoms. The lowest BCUT2D eigenvalue weighted by Gasteiger charge is -2.24. The Hall–Kier alpha value is -2.20. The molecule has 3 aromatic rings. The van der Waals surface area contributed by atoms with Gasteiger partial charge >= 0.3 is 0 Å². The third-order valence-corrected chi connectivity index (χ3v) is 7.54. The summed E-state index contributed by atoms with van der Waals surface area (Å²) in [4.78, 5) is 5.02. The molecule has 0 atom stereocenters. The van der Waals surface area contributed by atoms with Crippen molar-refractivity contribution in [2.24, 2.45) is 0 Å². The molecule has 2 aromatic carbocycles. The molecule has 3 nitrogen and oxygen atoms in total. The van der Waals surface area contributed by atoms with Crippen molar-refractivity contribution in [1.29, 1.82) is 0 Å². The van der Waals surface area contributed by atoms with Gasteiger partial charge in [0, 0.05) is 22.7 Å². The number of hydrogen-bond donors (Lipinski definition) is 1. The topological polar surface area (TPSA) is 29.9 Å². The van der Waals surface area contributed by atoms with E-state index in [1.807, 2.05) is 6.07 Å². The summed E-state index contributed by atoms with van der Waals surface area (Å²) in [6.07, 6.45) is 9.83. The average molecular weight is 464 g/mol. The van der Waals surface area contributed by atoms with Crippen molar-refractivity contribution in [3.8, 4) is 0 Å². The molecule has 0 fully saturated rings. The number of aryl methyl sites for hydroxylation is 1. The largest absolute Gasteiger partial charge is 0.326 e. The van der Waals surface area contributed by atoms with Crippen LogP contribution in [0.2, 0.25) is 0 Å². The summed E-state index contributed by atoms with van der Waals surface area (Å²) in [6, 6.07) is 17.1. The molecule has 0 unspecified atom stereocenters. The van der Waals surface area contributed by atoms with Gasteiger partial charge in [-0.2, -0.15) is 11.8 Å². The van der Waals surface area contributed by atoms with E-state index in [0.29, 0.717) is 4.75 Å². The molecule has 1 aromatic heterocycles. The Morgan fingerprint density at radius 1 is 1.06 bits per heavy atom. The molecule has 0 radical (unpaired) electrons. The molecule has 4 heteroatoms. The first-order chi connectivity index (χ1) is 15.9. The Morgan fingerprint density at radius 3 is 2.58 bits per heavy atom. The number of allylic oxidation sites excluding steroid dienone is 2. The molecule has 0 spiro atoms. The molecule has 0 saturated carbocycles. The van der Waals surface area contributed by atoms with Gasteiger partial charge in [0.1, 0.15) is 0 Å². The van der Waals surface area contributed by atoms with Gasteiger partial charge in [-0.05, 0) is 55.2 Å². The van der Waals surface area contributed by atoms with Crippen LogP contribution in [0.4, 0.5) is 11.6 Å². The number of anilines is 2. The Kier molecular flexibility index (Phi) is 9.49. The van der Waals surface area contributed by atoms with Gasteiger partial charge < -0.3 is 9.88 Å². The van der Waals surface area contributed by atoms with Gasteiger partial charge in [-0.15, -0.1) is 0 Å². The van der Waals surface area contributed by atoms with Crippen LogP contribution in [0.5, 0.6) is 0 Å². The molecule has 0 saturated heterocycles. The summed E-state index contributed by atoms with van der Waals surface area (Å²) in [5.41, 5.74) is 5.92. The van der Waals surface area contributed by atoms with Crippen molar-refractivity contribution in [3.63, 3.8) is 0 Å². The zero-order valence-corrected chi connectivity index (χ0v) is 22.0. The summed E-state index contributed by atoms with van der Waals surface area (Å²) in [7, 11) is 0. The predicted octanol–water partition coefficient (Wildman–Crippen LogP) is 9.08. The highest BCUT2D eigenvalue weighted by Gasteiger charge is 2.19. The van der Waals surface area contributed by atoms with E-state index in [-0.39, 0.29) is 0 Å². The minimum absolute atomic E-state index is 0.312. The maximum Gasteiger partial charge on any atom is 0.208 e. The van der Waals surface area contributed by atoms with E-state index in [1.165, 1.54) is 48.8 Å². The van der Waals surface area contributed by atoms with Crippen molar-refractivity contribution in [2.75, 3.05) is 11.1 Å². The molecular weight excluding hydrogens is 422 g/mol. The van der Waals surface area contributed by atoms with Crippen molar-refractivity contribution in [3.05, 3.63) is 60.2 Å². The minimum atomic E-state index is 0.312. The van der Waals surface area contributed by atoms with Crippen LogP contribution < -0.4 is 5.32 Å². The zero-order chi connectivity index (χ0) is 23.7. The minimum Gasteiger partial charge on any atom is -0.326 e. The second-order valence-electron chi connectivity index (χ2n) is 9.52. The SMILES string of the molecule is CCC/C=C(\C)c1ccc2c(c1)nc(Nc1ccccc1)n2CCSC(C)(C)CCCCC. The number of aromatic nitrogens is 2. The van der Waals surface area contributed by atoms with Crippen molar-refractivity contribution >= 4 is 40.0 Å². The van der Waals surface area contributed by atoms with Crippen LogP contribution in [0, 0.1) is 0 Å². The first-order valence-corrected chi connectivity index (χ1v) is 13.6. The molecule has 33 heavy (non-hydrogen) atoms. The summed E-state index contributed by atoms with van der Waals surface area (Å²) in [5, 5.41) is 3.56. The van der Waals surface area contributed by atoms with Gasteiger partial charge in [0.25, 0.3) is 0 Å². The molecule has 178 valence electrons. The highest BCUT2D eigenvalue weighted by Crippen LogP contribution is 2.32. The maximum atomic E-state index is 5.02. The molecular formula is C29H41N3S. The van der Waals surface area contributed by atoms with Crippen LogP contribution in [0.1, 0.15) is 78.7 Å². The fourth-order valence-corrected chi connectivity index (χ4v) is 5.23. The number of rotatable bonds is 13. The van der Waals surface area contributed by atoms with Crippen molar-refractivity contribution in [1.82, 2.24) is 9.55 Å². The van der Waals surface area contributed by atoms with Gasteiger partial charge in [-0.3, -0.25) is 0 Å². The van der Waals surface area contributed by atoms with Gasteiger partial charge in [0.15, 0.2) is 0 Å². The number of benzene rings is 2. The summed E-state index contributed by atoms with van der Waals surface area (Å²) in [5.74, 6) is 2.00. The lowest BCUT2D eigenvalue weighted by Crippen LogP contribution is -2.17. The number of nitrogens with one attached hydrogen (secondary N) is 1. The third kappa shape index (κ3) is 7.40. The summed E-state index contributed by atoms with van der Waals surface area (Å²) in [6.45, 7) is 12.4. The van der Waals surface area contributed by atoms with E-state index in [1.54, 1.807) is 0 Å². The van der Waals surface area contributed by atoms with Gasteiger partial charge in [-0.25, -0.2) is 4.98 Å². The first kappa shape index (κ1) is 25.4. The Labute approximate surface area is 205 Å². The number of unbranched alkanes of at least 4 members (excludes halogenated alkanes) is 3. The van der Waals surface area contributed by atoms with Crippen LogP contribution in [0.25, 0.3) is 16.6 Å². The Bertz CT molecular complexity index is 1030. The molecule has 0 aliphatic rings. The van der Waals surface area contributed by atoms with Gasteiger partial charge in [-0.1, -0.05) is 83.7 Å². The molecule has 0 aliphatic carbocycles. The predicted molar refractivity (Wildman–Crippen MR) is 149 cm³/mol. The maximum absolute atomic E-state index is 5.02. The van der Waals surface area contributed by atoms with E-state index in [0.717, 1.165) is 35.9 Å². The third-order valence-electron chi connectivity index (χ3n) is 6.16. The van der Waals surface area contributed by atoms with Crippen LogP contribution in [0.15, 0.2) is 54.6 Å². The highest BCUT2D eigenvalue weighted by atomic mass is 32.2. The summed E-state index contributed by atoms with van der Waals surface area (Å²) >= 11 is 2.08. The monoisotopic (exact) mass is 463 g/mol. The highest BCUT2D eigenvalue weighted by molar-refractivity contribution is 8.00. The van der Waals surface area contributed by atoms with E-state index < -0.39 is 0 Å². The van der Waals surface area contributed by atoms with Crippen LogP contribution in [-0.4, -0.2) is 20.1 Å². The number of fused-ring (bicyclic) bond motifs is 1. The smallest absolute Gasteiger partial charge is 0.208 e. The Morgan fingerprint density at radius 2 is 1.85 bits per heavy atom.